The Hall–Kier alpha value is -3.21. The zero-order valence-corrected chi connectivity index (χ0v) is 15.0. The summed E-state index contributed by atoms with van der Waals surface area (Å²) >= 11 is 0. The van der Waals surface area contributed by atoms with Gasteiger partial charge in [0.05, 0.1) is 7.11 Å². The summed E-state index contributed by atoms with van der Waals surface area (Å²) < 4.78 is 7.23. The maximum absolute atomic E-state index is 5.23. The van der Waals surface area contributed by atoms with Crippen molar-refractivity contribution in [3.63, 3.8) is 0 Å². The van der Waals surface area contributed by atoms with E-state index in [1.165, 1.54) is 11.1 Å². The van der Waals surface area contributed by atoms with Gasteiger partial charge < -0.3 is 4.74 Å². The van der Waals surface area contributed by atoms with Gasteiger partial charge in [-0.3, -0.25) is 4.40 Å². The fraction of sp³-hybridized carbons (Fsp3) is 0.190. The molecule has 3 aromatic heterocycles. The minimum absolute atomic E-state index is 0.494. The first-order valence-corrected chi connectivity index (χ1v) is 8.61. The van der Waals surface area contributed by atoms with E-state index in [1.807, 2.05) is 22.6 Å². The molecule has 0 atom stereocenters. The molecule has 0 radical (unpaired) electrons. The van der Waals surface area contributed by atoms with Crippen molar-refractivity contribution >= 4 is 5.65 Å². The quantitative estimate of drug-likeness (QED) is 0.543. The van der Waals surface area contributed by atoms with Crippen LogP contribution in [0.4, 0.5) is 0 Å². The van der Waals surface area contributed by atoms with Crippen LogP contribution >= 0.6 is 0 Å². The SMILES string of the molecule is COc1cc(-c2nnc3ccc(-c4cccc(C(C)C)c4)cn23)ccn1. The molecule has 0 fully saturated rings. The van der Waals surface area contributed by atoms with E-state index in [2.05, 4.69) is 65.6 Å². The third-order valence-corrected chi connectivity index (χ3v) is 4.49. The van der Waals surface area contributed by atoms with Crippen LogP contribution in [0, 0.1) is 0 Å². The van der Waals surface area contributed by atoms with Gasteiger partial charge in [-0.05, 0) is 40.8 Å². The van der Waals surface area contributed by atoms with Crippen molar-refractivity contribution in [2.75, 3.05) is 7.11 Å². The zero-order valence-electron chi connectivity index (χ0n) is 15.0. The van der Waals surface area contributed by atoms with Crippen LogP contribution in [-0.2, 0) is 0 Å². The number of hydrogen-bond donors (Lipinski definition) is 0. The predicted molar refractivity (Wildman–Crippen MR) is 102 cm³/mol. The van der Waals surface area contributed by atoms with Gasteiger partial charge >= 0.3 is 0 Å². The number of rotatable bonds is 4. The van der Waals surface area contributed by atoms with E-state index in [4.69, 9.17) is 4.74 Å². The molecule has 0 amide bonds. The first kappa shape index (κ1) is 16.3. The molecule has 4 aromatic rings. The Bertz CT molecular complexity index is 1070. The summed E-state index contributed by atoms with van der Waals surface area (Å²) in [5.41, 5.74) is 5.36. The average molecular weight is 344 g/mol. The van der Waals surface area contributed by atoms with Gasteiger partial charge in [-0.2, -0.15) is 0 Å². The third kappa shape index (κ3) is 2.92. The fourth-order valence-electron chi connectivity index (χ4n) is 3.00. The van der Waals surface area contributed by atoms with Crippen LogP contribution in [0.3, 0.4) is 0 Å². The first-order valence-electron chi connectivity index (χ1n) is 8.61. The topological polar surface area (TPSA) is 52.3 Å². The van der Waals surface area contributed by atoms with Crippen LogP contribution in [0.2, 0.25) is 0 Å². The highest BCUT2D eigenvalue weighted by atomic mass is 16.5. The summed E-state index contributed by atoms with van der Waals surface area (Å²) in [6.07, 6.45) is 3.79. The molecule has 0 aliphatic carbocycles. The van der Waals surface area contributed by atoms with Crippen LogP contribution in [-0.4, -0.2) is 26.7 Å². The molecule has 3 heterocycles. The Balaban J connectivity index is 1.83. The lowest BCUT2D eigenvalue weighted by Crippen LogP contribution is -1.93. The number of aromatic nitrogens is 4. The van der Waals surface area contributed by atoms with E-state index < -0.39 is 0 Å². The predicted octanol–water partition coefficient (Wildman–Crippen LogP) is 4.59. The smallest absolute Gasteiger partial charge is 0.213 e. The Morgan fingerprint density at radius 1 is 0.923 bits per heavy atom. The number of fused-ring (bicyclic) bond motifs is 1. The minimum Gasteiger partial charge on any atom is -0.481 e. The summed E-state index contributed by atoms with van der Waals surface area (Å²) in [5.74, 6) is 1.82. The normalized spacial score (nSPS) is 11.2. The van der Waals surface area contributed by atoms with E-state index in [1.54, 1.807) is 13.3 Å². The molecule has 0 N–H and O–H groups in total. The summed E-state index contributed by atoms with van der Waals surface area (Å²) in [5, 5.41) is 8.63. The van der Waals surface area contributed by atoms with Gasteiger partial charge in [0.15, 0.2) is 11.5 Å². The van der Waals surface area contributed by atoms with Gasteiger partial charge in [0, 0.05) is 24.0 Å². The van der Waals surface area contributed by atoms with Gasteiger partial charge in [-0.25, -0.2) is 4.98 Å². The van der Waals surface area contributed by atoms with Crippen LogP contribution < -0.4 is 4.74 Å². The molecular formula is C21H20N4O. The van der Waals surface area contributed by atoms with E-state index in [0.29, 0.717) is 11.8 Å². The molecular weight excluding hydrogens is 324 g/mol. The van der Waals surface area contributed by atoms with Gasteiger partial charge in [0.1, 0.15) is 0 Å². The molecule has 0 unspecified atom stereocenters. The van der Waals surface area contributed by atoms with Crippen LogP contribution in [0.25, 0.3) is 28.2 Å². The largest absolute Gasteiger partial charge is 0.481 e. The van der Waals surface area contributed by atoms with Gasteiger partial charge in [-0.15, -0.1) is 10.2 Å². The highest BCUT2D eigenvalue weighted by Crippen LogP contribution is 2.27. The lowest BCUT2D eigenvalue weighted by atomic mass is 9.98. The fourth-order valence-corrected chi connectivity index (χ4v) is 3.00. The second kappa shape index (κ2) is 6.59. The standard InChI is InChI=1S/C21H20N4O/c1-14(2)15-5-4-6-16(11-15)18-7-8-19-23-24-21(25(19)13-18)17-9-10-22-20(12-17)26-3/h4-14H,1-3H3. The number of methoxy groups -OCH3 is 1. The molecule has 0 aliphatic heterocycles. The van der Waals surface area contributed by atoms with Crippen molar-refractivity contribution in [3.8, 4) is 28.4 Å². The molecule has 5 nitrogen and oxygen atoms in total. The molecule has 0 saturated carbocycles. The number of nitrogens with zero attached hydrogens (tertiary/aromatic N) is 4. The second-order valence-corrected chi connectivity index (χ2v) is 6.54. The summed E-state index contributed by atoms with van der Waals surface area (Å²) in [7, 11) is 1.61. The average Bonchev–Trinajstić information content (AvgIpc) is 3.11. The van der Waals surface area contributed by atoms with Crippen molar-refractivity contribution in [1.82, 2.24) is 19.6 Å². The molecule has 4 rings (SSSR count). The Kier molecular flexibility index (Phi) is 4.13. The number of hydrogen-bond acceptors (Lipinski definition) is 4. The number of benzene rings is 1. The summed E-state index contributed by atoms with van der Waals surface area (Å²) in [4.78, 5) is 4.16. The first-order chi connectivity index (χ1) is 12.7. The zero-order chi connectivity index (χ0) is 18.1. The van der Waals surface area contributed by atoms with Gasteiger partial charge in [-0.1, -0.05) is 38.1 Å². The summed E-state index contributed by atoms with van der Waals surface area (Å²) in [6.45, 7) is 4.41. The van der Waals surface area contributed by atoms with E-state index in [9.17, 15) is 0 Å². The van der Waals surface area contributed by atoms with Crippen molar-refractivity contribution < 1.29 is 4.74 Å². The van der Waals surface area contributed by atoms with E-state index in [-0.39, 0.29) is 0 Å². The Labute approximate surface area is 152 Å². The van der Waals surface area contributed by atoms with Crippen molar-refractivity contribution in [3.05, 3.63) is 66.5 Å². The highest BCUT2D eigenvalue weighted by Gasteiger charge is 2.11. The molecule has 0 bridgehead atoms. The van der Waals surface area contributed by atoms with Gasteiger partial charge in [0.2, 0.25) is 5.88 Å². The van der Waals surface area contributed by atoms with Crippen LogP contribution in [0.5, 0.6) is 5.88 Å². The lowest BCUT2D eigenvalue weighted by molar-refractivity contribution is 0.398. The van der Waals surface area contributed by atoms with Crippen LogP contribution in [0.15, 0.2) is 60.9 Å². The molecule has 130 valence electrons. The molecule has 0 aliphatic rings. The third-order valence-electron chi connectivity index (χ3n) is 4.49. The van der Waals surface area contributed by atoms with Crippen molar-refractivity contribution in [2.24, 2.45) is 0 Å². The number of ether oxygens (including phenoxy) is 1. The maximum atomic E-state index is 5.23. The lowest BCUT2D eigenvalue weighted by Gasteiger charge is -2.09. The number of pyridine rings is 2. The summed E-state index contributed by atoms with van der Waals surface area (Å²) in [6, 6.07) is 16.5. The van der Waals surface area contributed by atoms with E-state index >= 15 is 0 Å². The molecule has 1 aromatic carbocycles. The van der Waals surface area contributed by atoms with Gasteiger partial charge in [0.25, 0.3) is 0 Å². The highest BCUT2D eigenvalue weighted by molar-refractivity contribution is 5.68. The minimum atomic E-state index is 0.494. The van der Waals surface area contributed by atoms with Crippen LogP contribution in [0.1, 0.15) is 25.3 Å². The Morgan fingerprint density at radius 3 is 2.62 bits per heavy atom. The van der Waals surface area contributed by atoms with Crippen molar-refractivity contribution in [1.29, 1.82) is 0 Å². The molecule has 26 heavy (non-hydrogen) atoms. The Morgan fingerprint density at radius 2 is 1.81 bits per heavy atom. The molecule has 0 spiro atoms. The monoisotopic (exact) mass is 344 g/mol. The van der Waals surface area contributed by atoms with Crippen molar-refractivity contribution in [2.45, 2.75) is 19.8 Å². The second-order valence-electron chi connectivity index (χ2n) is 6.54. The molecule has 5 heteroatoms. The molecule has 0 saturated heterocycles. The maximum Gasteiger partial charge on any atom is 0.213 e. The van der Waals surface area contributed by atoms with E-state index in [0.717, 1.165) is 22.6 Å².